The van der Waals surface area contributed by atoms with E-state index in [0.717, 1.165) is 23.9 Å². The topological polar surface area (TPSA) is 15.3 Å². The van der Waals surface area contributed by atoms with Crippen LogP contribution in [0.2, 0.25) is 0 Å². The average molecular weight is 254 g/mol. The quantitative estimate of drug-likeness (QED) is 0.748. The summed E-state index contributed by atoms with van der Waals surface area (Å²) in [6.07, 6.45) is 5.30. The highest BCUT2D eigenvalue weighted by Crippen LogP contribution is 2.19. The van der Waals surface area contributed by atoms with Crippen molar-refractivity contribution in [2.45, 2.75) is 72.4 Å². The van der Waals surface area contributed by atoms with Gasteiger partial charge in [0, 0.05) is 31.7 Å². The molecule has 2 heteroatoms. The lowest BCUT2D eigenvalue weighted by atomic mass is 9.95. The van der Waals surface area contributed by atoms with Crippen molar-refractivity contribution in [2.24, 2.45) is 11.8 Å². The standard InChI is InChI=1S/C16H34N2/c1-6-8-14(5)11-18-12-15(9-7-2)17-10-16(18)13(3)4/h13-17H,6-12H2,1-5H3. The zero-order valence-corrected chi connectivity index (χ0v) is 13.2. The highest BCUT2D eigenvalue weighted by molar-refractivity contribution is 4.88. The Labute approximate surface area is 115 Å². The molecule has 2 nitrogen and oxygen atoms in total. The van der Waals surface area contributed by atoms with Crippen molar-refractivity contribution >= 4 is 0 Å². The van der Waals surface area contributed by atoms with Gasteiger partial charge < -0.3 is 5.32 Å². The molecule has 3 unspecified atom stereocenters. The number of nitrogens with one attached hydrogen (secondary N) is 1. The molecule has 1 heterocycles. The Hall–Kier alpha value is -0.0800. The summed E-state index contributed by atoms with van der Waals surface area (Å²) in [7, 11) is 0. The van der Waals surface area contributed by atoms with Crippen molar-refractivity contribution in [1.29, 1.82) is 0 Å². The molecule has 108 valence electrons. The molecule has 0 aromatic heterocycles. The first-order chi connectivity index (χ1) is 8.58. The molecule has 0 saturated carbocycles. The maximum absolute atomic E-state index is 3.75. The third-order valence-corrected chi connectivity index (χ3v) is 4.27. The molecule has 1 rings (SSSR count). The molecule has 0 amide bonds. The fraction of sp³-hybridized carbons (Fsp3) is 1.00. The van der Waals surface area contributed by atoms with Gasteiger partial charge in [-0.1, -0.05) is 47.5 Å². The molecule has 18 heavy (non-hydrogen) atoms. The third-order valence-electron chi connectivity index (χ3n) is 4.27. The fourth-order valence-corrected chi connectivity index (χ4v) is 3.29. The molecule has 3 atom stereocenters. The highest BCUT2D eigenvalue weighted by Gasteiger charge is 2.29. The smallest absolute Gasteiger partial charge is 0.0244 e. The van der Waals surface area contributed by atoms with Crippen LogP contribution < -0.4 is 5.32 Å². The monoisotopic (exact) mass is 254 g/mol. The summed E-state index contributed by atoms with van der Waals surface area (Å²) in [4.78, 5) is 2.77. The number of piperazine rings is 1. The minimum Gasteiger partial charge on any atom is -0.311 e. The zero-order chi connectivity index (χ0) is 13.5. The Kier molecular flexibility index (Phi) is 7.25. The van der Waals surface area contributed by atoms with Crippen LogP contribution >= 0.6 is 0 Å². The fourth-order valence-electron chi connectivity index (χ4n) is 3.29. The Bertz CT molecular complexity index is 213. The van der Waals surface area contributed by atoms with Gasteiger partial charge in [-0.05, 0) is 24.7 Å². The Balaban J connectivity index is 2.54. The van der Waals surface area contributed by atoms with E-state index in [2.05, 4.69) is 44.8 Å². The van der Waals surface area contributed by atoms with E-state index < -0.39 is 0 Å². The van der Waals surface area contributed by atoms with Crippen LogP contribution in [0.5, 0.6) is 0 Å². The van der Waals surface area contributed by atoms with Gasteiger partial charge in [0.15, 0.2) is 0 Å². The van der Waals surface area contributed by atoms with Gasteiger partial charge in [-0.3, -0.25) is 4.90 Å². The molecule has 0 bridgehead atoms. The molecular weight excluding hydrogens is 220 g/mol. The molecule has 0 aromatic carbocycles. The summed E-state index contributed by atoms with van der Waals surface area (Å²) >= 11 is 0. The van der Waals surface area contributed by atoms with Crippen LogP contribution in [0.1, 0.15) is 60.3 Å². The summed E-state index contributed by atoms with van der Waals surface area (Å²) in [5.41, 5.74) is 0. The normalized spacial score (nSPS) is 27.7. The number of hydrogen-bond acceptors (Lipinski definition) is 2. The van der Waals surface area contributed by atoms with E-state index in [0.29, 0.717) is 0 Å². The van der Waals surface area contributed by atoms with E-state index >= 15 is 0 Å². The molecule has 1 fully saturated rings. The first kappa shape index (κ1) is 16.0. The van der Waals surface area contributed by atoms with E-state index in [1.165, 1.54) is 45.3 Å². The van der Waals surface area contributed by atoms with E-state index in [1.54, 1.807) is 0 Å². The first-order valence-electron chi connectivity index (χ1n) is 8.05. The van der Waals surface area contributed by atoms with Crippen LogP contribution in [0.4, 0.5) is 0 Å². The van der Waals surface area contributed by atoms with Gasteiger partial charge in [-0.15, -0.1) is 0 Å². The van der Waals surface area contributed by atoms with Crippen LogP contribution in [0.25, 0.3) is 0 Å². The lowest BCUT2D eigenvalue weighted by Gasteiger charge is -2.43. The van der Waals surface area contributed by atoms with Crippen LogP contribution in [0.15, 0.2) is 0 Å². The number of hydrogen-bond donors (Lipinski definition) is 1. The molecule has 0 spiro atoms. The van der Waals surface area contributed by atoms with Crippen molar-refractivity contribution < 1.29 is 0 Å². The third kappa shape index (κ3) is 4.89. The maximum Gasteiger partial charge on any atom is 0.0244 e. The summed E-state index contributed by atoms with van der Waals surface area (Å²) in [6, 6.07) is 1.45. The second kappa shape index (κ2) is 8.16. The minimum absolute atomic E-state index is 0.721. The molecule has 1 aliphatic heterocycles. The van der Waals surface area contributed by atoms with Gasteiger partial charge >= 0.3 is 0 Å². The maximum atomic E-state index is 3.75. The molecule has 1 N–H and O–H groups in total. The SMILES string of the molecule is CCCC(C)CN1CC(CCC)NCC1C(C)C. The molecule has 0 radical (unpaired) electrons. The van der Waals surface area contributed by atoms with Crippen molar-refractivity contribution in [3.63, 3.8) is 0 Å². The zero-order valence-electron chi connectivity index (χ0n) is 13.2. The summed E-state index contributed by atoms with van der Waals surface area (Å²) < 4.78 is 0. The second-order valence-corrected chi connectivity index (χ2v) is 6.55. The van der Waals surface area contributed by atoms with E-state index in [9.17, 15) is 0 Å². The number of rotatable bonds is 7. The average Bonchev–Trinajstić information content (AvgIpc) is 2.29. The van der Waals surface area contributed by atoms with Gasteiger partial charge in [0.1, 0.15) is 0 Å². The van der Waals surface area contributed by atoms with Crippen LogP contribution in [-0.4, -0.2) is 36.6 Å². The molecule has 0 aromatic rings. The van der Waals surface area contributed by atoms with Crippen LogP contribution in [0.3, 0.4) is 0 Å². The van der Waals surface area contributed by atoms with Gasteiger partial charge in [0.2, 0.25) is 0 Å². The molecule has 0 aliphatic carbocycles. The minimum atomic E-state index is 0.721. The van der Waals surface area contributed by atoms with Crippen molar-refractivity contribution in [1.82, 2.24) is 10.2 Å². The first-order valence-corrected chi connectivity index (χ1v) is 8.05. The predicted octanol–water partition coefficient (Wildman–Crippen LogP) is 3.52. The number of nitrogens with zero attached hydrogens (tertiary/aromatic N) is 1. The van der Waals surface area contributed by atoms with Gasteiger partial charge in [-0.25, -0.2) is 0 Å². The summed E-state index contributed by atoms with van der Waals surface area (Å²) in [5.74, 6) is 1.60. The van der Waals surface area contributed by atoms with E-state index in [-0.39, 0.29) is 0 Å². The Morgan fingerprint density at radius 1 is 1.17 bits per heavy atom. The largest absolute Gasteiger partial charge is 0.311 e. The van der Waals surface area contributed by atoms with E-state index in [4.69, 9.17) is 0 Å². The molecule has 1 saturated heterocycles. The molecular formula is C16H34N2. The predicted molar refractivity (Wildman–Crippen MR) is 81.0 cm³/mol. The Morgan fingerprint density at radius 2 is 1.89 bits per heavy atom. The lowest BCUT2D eigenvalue weighted by Crippen LogP contribution is -2.58. The van der Waals surface area contributed by atoms with Crippen LogP contribution in [0, 0.1) is 11.8 Å². The second-order valence-electron chi connectivity index (χ2n) is 6.55. The summed E-state index contributed by atoms with van der Waals surface area (Å²) in [5, 5.41) is 3.75. The van der Waals surface area contributed by atoms with Gasteiger partial charge in [0.05, 0.1) is 0 Å². The Morgan fingerprint density at radius 3 is 2.44 bits per heavy atom. The van der Waals surface area contributed by atoms with Crippen molar-refractivity contribution in [2.75, 3.05) is 19.6 Å². The van der Waals surface area contributed by atoms with Crippen LogP contribution in [-0.2, 0) is 0 Å². The highest BCUT2D eigenvalue weighted by atomic mass is 15.2. The molecule has 1 aliphatic rings. The summed E-state index contributed by atoms with van der Waals surface area (Å²) in [6.45, 7) is 15.5. The van der Waals surface area contributed by atoms with E-state index in [1.807, 2.05) is 0 Å². The van der Waals surface area contributed by atoms with Gasteiger partial charge in [0.25, 0.3) is 0 Å². The van der Waals surface area contributed by atoms with Crippen molar-refractivity contribution in [3.8, 4) is 0 Å². The lowest BCUT2D eigenvalue weighted by molar-refractivity contribution is 0.0801. The van der Waals surface area contributed by atoms with Gasteiger partial charge in [-0.2, -0.15) is 0 Å². The van der Waals surface area contributed by atoms with Crippen molar-refractivity contribution in [3.05, 3.63) is 0 Å².